The average molecular weight is 321 g/mol. The molecule has 1 atom stereocenters. The highest BCUT2D eigenvalue weighted by Crippen LogP contribution is 2.34. The van der Waals surface area contributed by atoms with Crippen LogP contribution in [-0.4, -0.2) is 20.0 Å². The number of hydrogen-bond acceptors (Lipinski definition) is 3. The third-order valence-electron chi connectivity index (χ3n) is 3.95. The Bertz CT molecular complexity index is 683. The molecule has 2 heterocycles. The van der Waals surface area contributed by atoms with Crippen LogP contribution in [0.2, 0.25) is 4.34 Å². The number of amides is 1. The van der Waals surface area contributed by atoms with Crippen molar-refractivity contribution in [2.24, 2.45) is 0 Å². The first kappa shape index (κ1) is 14.6. The van der Waals surface area contributed by atoms with Gasteiger partial charge in [-0.2, -0.15) is 0 Å². The fourth-order valence-electron chi connectivity index (χ4n) is 2.81. The van der Waals surface area contributed by atoms with E-state index in [-0.39, 0.29) is 11.9 Å². The summed E-state index contributed by atoms with van der Waals surface area (Å²) in [6.07, 6.45) is 1.40. The van der Waals surface area contributed by atoms with Crippen LogP contribution in [0, 0.1) is 0 Å². The summed E-state index contributed by atoms with van der Waals surface area (Å²) < 4.78 is 0.800. The molecule has 0 saturated heterocycles. The molecule has 2 aromatic rings. The minimum absolute atomic E-state index is 0.135. The molecule has 1 aliphatic rings. The molecule has 1 amide bonds. The summed E-state index contributed by atoms with van der Waals surface area (Å²) in [4.78, 5) is 14.7. The van der Waals surface area contributed by atoms with Gasteiger partial charge in [-0.15, -0.1) is 11.3 Å². The SMILES string of the molecule is CNC(c1ccc2c(c1)CCC(=O)N2C)c1ccc(Cl)s1. The van der Waals surface area contributed by atoms with Gasteiger partial charge in [-0.1, -0.05) is 23.7 Å². The van der Waals surface area contributed by atoms with E-state index in [9.17, 15) is 4.79 Å². The lowest BCUT2D eigenvalue weighted by atomic mass is 9.96. The fraction of sp³-hybridized carbons (Fsp3) is 0.312. The Hall–Kier alpha value is -1.36. The Labute approximate surface area is 133 Å². The second-order valence-corrected chi connectivity index (χ2v) is 6.95. The van der Waals surface area contributed by atoms with Crippen LogP contribution in [0.3, 0.4) is 0 Å². The van der Waals surface area contributed by atoms with Gasteiger partial charge in [0.25, 0.3) is 0 Å². The highest BCUT2D eigenvalue weighted by molar-refractivity contribution is 7.16. The van der Waals surface area contributed by atoms with E-state index in [1.165, 1.54) is 16.0 Å². The third-order valence-corrected chi connectivity index (χ3v) is 5.24. The van der Waals surface area contributed by atoms with Crippen LogP contribution in [0.4, 0.5) is 5.69 Å². The summed E-state index contributed by atoms with van der Waals surface area (Å²) in [5.41, 5.74) is 3.46. The zero-order valence-corrected chi connectivity index (χ0v) is 13.6. The molecule has 110 valence electrons. The van der Waals surface area contributed by atoms with E-state index in [0.29, 0.717) is 6.42 Å². The van der Waals surface area contributed by atoms with Gasteiger partial charge in [0, 0.05) is 24.0 Å². The maximum atomic E-state index is 11.8. The van der Waals surface area contributed by atoms with E-state index < -0.39 is 0 Å². The molecule has 0 fully saturated rings. The summed E-state index contributed by atoms with van der Waals surface area (Å²) in [5.74, 6) is 0.186. The molecule has 1 N–H and O–H groups in total. The van der Waals surface area contributed by atoms with E-state index in [1.807, 2.05) is 26.2 Å². The summed E-state index contributed by atoms with van der Waals surface area (Å²) in [7, 11) is 3.79. The number of aryl methyl sites for hydroxylation is 1. The van der Waals surface area contributed by atoms with Crippen LogP contribution in [-0.2, 0) is 11.2 Å². The first-order valence-electron chi connectivity index (χ1n) is 6.92. The van der Waals surface area contributed by atoms with E-state index in [4.69, 9.17) is 11.6 Å². The van der Waals surface area contributed by atoms with Gasteiger partial charge >= 0.3 is 0 Å². The van der Waals surface area contributed by atoms with E-state index in [0.717, 1.165) is 16.4 Å². The van der Waals surface area contributed by atoms with Crippen LogP contribution in [0.25, 0.3) is 0 Å². The van der Waals surface area contributed by atoms with Crippen molar-refractivity contribution in [3.63, 3.8) is 0 Å². The van der Waals surface area contributed by atoms with Gasteiger partial charge in [0.1, 0.15) is 0 Å². The van der Waals surface area contributed by atoms with Crippen molar-refractivity contribution in [2.75, 3.05) is 19.0 Å². The molecule has 1 unspecified atom stereocenters. The summed E-state index contributed by atoms with van der Waals surface area (Å²) >= 11 is 7.64. The monoisotopic (exact) mass is 320 g/mol. The molecule has 3 nitrogen and oxygen atoms in total. The van der Waals surface area contributed by atoms with Crippen molar-refractivity contribution in [3.8, 4) is 0 Å². The number of rotatable bonds is 3. The summed E-state index contributed by atoms with van der Waals surface area (Å²) in [6.45, 7) is 0. The van der Waals surface area contributed by atoms with Gasteiger partial charge in [-0.05, 0) is 42.8 Å². The highest BCUT2D eigenvalue weighted by Gasteiger charge is 2.22. The van der Waals surface area contributed by atoms with Crippen molar-refractivity contribution in [2.45, 2.75) is 18.9 Å². The average Bonchev–Trinajstić information content (AvgIpc) is 2.90. The lowest BCUT2D eigenvalue weighted by molar-refractivity contribution is -0.118. The van der Waals surface area contributed by atoms with Crippen molar-refractivity contribution in [1.29, 1.82) is 0 Å². The zero-order chi connectivity index (χ0) is 15.0. The lowest BCUT2D eigenvalue weighted by Gasteiger charge is -2.27. The molecular formula is C16H17ClN2OS. The molecule has 5 heteroatoms. The Morgan fingerprint density at radius 3 is 2.76 bits per heavy atom. The molecule has 0 bridgehead atoms. The number of hydrogen-bond donors (Lipinski definition) is 1. The predicted molar refractivity (Wildman–Crippen MR) is 88.4 cm³/mol. The molecule has 0 radical (unpaired) electrons. The molecule has 1 aromatic carbocycles. The molecule has 0 spiro atoms. The number of anilines is 1. The number of fused-ring (bicyclic) bond motifs is 1. The topological polar surface area (TPSA) is 32.3 Å². The molecule has 21 heavy (non-hydrogen) atoms. The Morgan fingerprint density at radius 2 is 2.10 bits per heavy atom. The van der Waals surface area contributed by atoms with Crippen molar-refractivity contribution in [3.05, 3.63) is 50.7 Å². The summed E-state index contributed by atoms with van der Waals surface area (Å²) in [6, 6.07) is 10.5. The first-order valence-corrected chi connectivity index (χ1v) is 8.11. The largest absolute Gasteiger partial charge is 0.315 e. The number of halogens is 1. The van der Waals surface area contributed by atoms with Gasteiger partial charge in [-0.25, -0.2) is 0 Å². The van der Waals surface area contributed by atoms with E-state index >= 15 is 0 Å². The van der Waals surface area contributed by atoms with Gasteiger partial charge in [0.15, 0.2) is 0 Å². The standard InChI is InChI=1S/C16H17ClN2OS/c1-18-16(13-6-7-14(17)21-13)11-3-5-12-10(9-11)4-8-15(20)19(12)2/h3,5-7,9,16,18H,4,8H2,1-2H3. The van der Waals surface area contributed by atoms with Gasteiger partial charge in [-0.3, -0.25) is 4.79 Å². The van der Waals surface area contributed by atoms with Crippen LogP contribution in [0.15, 0.2) is 30.3 Å². The number of nitrogens with one attached hydrogen (secondary N) is 1. The van der Waals surface area contributed by atoms with Crippen LogP contribution in [0.1, 0.15) is 28.5 Å². The Morgan fingerprint density at radius 1 is 1.29 bits per heavy atom. The quantitative estimate of drug-likeness (QED) is 0.936. The second-order valence-electron chi connectivity index (χ2n) is 5.20. The number of nitrogens with zero attached hydrogens (tertiary/aromatic N) is 1. The second kappa shape index (κ2) is 5.79. The highest BCUT2D eigenvalue weighted by atomic mass is 35.5. The third kappa shape index (κ3) is 2.71. The lowest BCUT2D eigenvalue weighted by Crippen LogP contribution is -2.31. The maximum Gasteiger partial charge on any atom is 0.227 e. The Kier molecular flexibility index (Phi) is 4.02. The minimum atomic E-state index is 0.135. The smallest absolute Gasteiger partial charge is 0.227 e. The number of thiophene rings is 1. The molecule has 3 rings (SSSR count). The van der Waals surface area contributed by atoms with E-state index in [2.05, 4.69) is 23.5 Å². The molecule has 1 aliphatic heterocycles. The van der Waals surface area contributed by atoms with Crippen LogP contribution >= 0.6 is 22.9 Å². The van der Waals surface area contributed by atoms with Crippen LogP contribution in [0.5, 0.6) is 0 Å². The predicted octanol–water partition coefficient (Wildman–Crippen LogP) is 3.62. The van der Waals surface area contributed by atoms with Crippen LogP contribution < -0.4 is 10.2 Å². The molecular weight excluding hydrogens is 304 g/mol. The zero-order valence-electron chi connectivity index (χ0n) is 12.0. The fourth-order valence-corrected chi connectivity index (χ4v) is 4.01. The van der Waals surface area contributed by atoms with Gasteiger partial charge in [0.05, 0.1) is 10.4 Å². The van der Waals surface area contributed by atoms with Crippen molar-refractivity contribution in [1.82, 2.24) is 5.32 Å². The Balaban J connectivity index is 1.98. The van der Waals surface area contributed by atoms with Crippen molar-refractivity contribution >= 4 is 34.5 Å². The van der Waals surface area contributed by atoms with Crippen molar-refractivity contribution < 1.29 is 4.79 Å². The van der Waals surface area contributed by atoms with E-state index in [1.54, 1.807) is 16.2 Å². The minimum Gasteiger partial charge on any atom is -0.315 e. The molecule has 0 saturated carbocycles. The number of carbonyl (C=O) groups is 1. The normalized spacial score (nSPS) is 16.0. The number of benzene rings is 1. The maximum absolute atomic E-state index is 11.8. The molecule has 0 aliphatic carbocycles. The van der Waals surface area contributed by atoms with Gasteiger partial charge < -0.3 is 10.2 Å². The van der Waals surface area contributed by atoms with Gasteiger partial charge in [0.2, 0.25) is 5.91 Å². The number of carbonyl (C=O) groups excluding carboxylic acids is 1. The summed E-state index contributed by atoms with van der Waals surface area (Å²) in [5, 5.41) is 3.35. The first-order chi connectivity index (χ1) is 10.1. The molecule has 1 aromatic heterocycles.